The molecule has 0 radical (unpaired) electrons. The fourth-order valence-corrected chi connectivity index (χ4v) is 4.27. The molecule has 1 saturated heterocycles. The largest absolute Gasteiger partial charge is 0.477 e. The average Bonchev–Trinajstić information content (AvgIpc) is 3.10. The van der Waals surface area contributed by atoms with Crippen molar-refractivity contribution in [3.63, 3.8) is 0 Å². The van der Waals surface area contributed by atoms with Gasteiger partial charge in [-0.2, -0.15) is 9.36 Å². The SMILES string of the molecule is Nc1nc(C(=NOCF)C(=O)NC2C(=O)N3C(C(=O)O)=C(C=O)CSC23)ns1. The molecule has 15 heteroatoms. The highest BCUT2D eigenvalue weighted by molar-refractivity contribution is 8.00. The van der Waals surface area contributed by atoms with Crippen molar-refractivity contribution < 1.29 is 33.5 Å². The number of carbonyl (C=O) groups is 4. The van der Waals surface area contributed by atoms with Crippen LogP contribution in [0.3, 0.4) is 0 Å². The number of amides is 2. The Bertz CT molecular complexity index is 917. The first kappa shape index (κ1) is 19.7. The Kier molecular flexibility index (Phi) is 5.55. The summed E-state index contributed by atoms with van der Waals surface area (Å²) < 4.78 is 16.1. The van der Waals surface area contributed by atoms with Crippen LogP contribution in [0.4, 0.5) is 9.52 Å². The molecule has 0 aliphatic carbocycles. The number of hydrogen-bond acceptors (Lipinski definition) is 11. The van der Waals surface area contributed by atoms with Crippen molar-refractivity contribution in [1.82, 2.24) is 19.6 Å². The van der Waals surface area contributed by atoms with Gasteiger partial charge in [0, 0.05) is 22.9 Å². The van der Waals surface area contributed by atoms with Crippen molar-refractivity contribution in [2.75, 3.05) is 18.3 Å². The molecule has 0 spiro atoms. The summed E-state index contributed by atoms with van der Waals surface area (Å²) in [7, 11) is 0. The summed E-state index contributed by atoms with van der Waals surface area (Å²) >= 11 is 1.88. The van der Waals surface area contributed by atoms with Gasteiger partial charge in [-0.05, 0) is 0 Å². The first-order valence-corrected chi connectivity index (χ1v) is 9.23. The van der Waals surface area contributed by atoms with Crippen molar-refractivity contribution in [1.29, 1.82) is 0 Å². The second-order valence-corrected chi connectivity index (χ2v) is 7.18. The highest BCUT2D eigenvalue weighted by atomic mass is 32.2. The Morgan fingerprint density at radius 3 is 2.86 bits per heavy atom. The number of carboxylic acid groups (broad SMARTS) is 1. The van der Waals surface area contributed by atoms with E-state index >= 15 is 0 Å². The number of fused-ring (bicyclic) bond motifs is 1. The second-order valence-electron chi connectivity index (χ2n) is 5.29. The Labute approximate surface area is 163 Å². The molecule has 2 unspecified atom stereocenters. The van der Waals surface area contributed by atoms with E-state index in [0.29, 0.717) is 6.29 Å². The third-order valence-electron chi connectivity index (χ3n) is 3.70. The molecule has 1 aromatic heterocycles. The van der Waals surface area contributed by atoms with Crippen LogP contribution in [0.5, 0.6) is 0 Å². The van der Waals surface area contributed by atoms with Crippen molar-refractivity contribution in [3.8, 4) is 0 Å². The molecule has 0 bridgehead atoms. The number of oxime groups is 1. The number of nitrogen functional groups attached to an aromatic ring is 1. The molecule has 3 heterocycles. The van der Waals surface area contributed by atoms with E-state index in [1.165, 1.54) is 0 Å². The quantitative estimate of drug-likeness (QED) is 0.204. The predicted octanol–water partition coefficient (Wildman–Crippen LogP) is -1.29. The lowest BCUT2D eigenvalue weighted by Crippen LogP contribution is -2.71. The van der Waals surface area contributed by atoms with Crippen molar-refractivity contribution >= 4 is 58.2 Å². The molecular weight excluding hydrogens is 419 g/mol. The molecule has 28 heavy (non-hydrogen) atoms. The summed E-state index contributed by atoms with van der Waals surface area (Å²) in [4.78, 5) is 56.3. The van der Waals surface area contributed by atoms with Crippen LogP contribution in [-0.2, 0) is 24.0 Å². The van der Waals surface area contributed by atoms with E-state index in [2.05, 4.69) is 24.7 Å². The number of nitrogens with one attached hydrogen (secondary N) is 1. The number of thioether (sulfide) groups is 1. The third kappa shape index (κ3) is 3.40. The van der Waals surface area contributed by atoms with Crippen LogP contribution in [0.2, 0.25) is 0 Å². The minimum absolute atomic E-state index is 0.0297. The van der Waals surface area contributed by atoms with Gasteiger partial charge < -0.3 is 21.0 Å². The Morgan fingerprint density at radius 2 is 2.29 bits per heavy atom. The number of nitrogens with two attached hydrogens (primary N) is 1. The number of rotatable bonds is 7. The van der Waals surface area contributed by atoms with Crippen LogP contribution in [0.25, 0.3) is 0 Å². The predicted molar refractivity (Wildman–Crippen MR) is 93.7 cm³/mol. The van der Waals surface area contributed by atoms with Gasteiger partial charge in [0.15, 0.2) is 5.13 Å². The zero-order valence-corrected chi connectivity index (χ0v) is 15.3. The summed E-state index contributed by atoms with van der Waals surface area (Å²) in [6.07, 6.45) is 0.378. The molecule has 2 amide bonds. The number of anilines is 1. The fraction of sp³-hybridized carbons (Fsp3) is 0.308. The van der Waals surface area contributed by atoms with Crippen LogP contribution in [-0.4, -0.2) is 73.2 Å². The van der Waals surface area contributed by atoms with Gasteiger partial charge in [-0.15, -0.1) is 11.8 Å². The number of aromatic nitrogens is 2. The summed E-state index contributed by atoms with van der Waals surface area (Å²) in [5, 5.41) is 14.3. The van der Waals surface area contributed by atoms with Crippen molar-refractivity contribution in [3.05, 3.63) is 17.1 Å². The van der Waals surface area contributed by atoms with Gasteiger partial charge in [0.25, 0.3) is 18.7 Å². The normalized spacial score (nSPS) is 21.7. The summed E-state index contributed by atoms with van der Waals surface area (Å²) in [6, 6.07) is -1.09. The van der Waals surface area contributed by atoms with Gasteiger partial charge >= 0.3 is 5.97 Å². The van der Waals surface area contributed by atoms with Crippen molar-refractivity contribution in [2.45, 2.75) is 11.4 Å². The molecule has 148 valence electrons. The number of β-lactam (4-membered cyclic amide) rings is 1. The molecule has 2 atom stereocenters. The Morgan fingerprint density at radius 1 is 1.54 bits per heavy atom. The number of carbonyl (C=O) groups excluding carboxylic acids is 3. The molecule has 1 fully saturated rings. The lowest BCUT2D eigenvalue weighted by Gasteiger charge is -2.48. The monoisotopic (exact) mass is 430 g/mol. The van der Waals surface area contributed by atoms with Gasteiger partial charge in [0.1, 0.15) is 23.4 Å². The first-order chi connectivity index (χ1) is 13.4. The number of carboxylic acids is 1. The van der Waals surface area contributed by atoms with E-state index in [1.807, 2.05) is 0 Å². The maximum Gasteiger partial charge on any atom is 0.353 e. The molecule has 4 N–H and O–H groups in total. The third-order valence-corrected chi connectivity index (χ3v) is 5.55. The Hall–Kier alpha value is -3.07. The fourth-order valence-electron chi connectivity index (χ4n) is 2.55. The lowest BCUT2D eigenvalue weighted by atomic mass is 10.0. The van der Waals surface area contributed by atoms with E-state index in [9.17, 15) is 28.7 Å². The molecule has 0 saturated carbocycles. The number of hydrogen-bond donors (Lipinski definition) is 3. The van der Waals surface area contributed by atoms with E-state index < -0.39 is 47.5 Å². The van der Waals surface area contributed by atoms with E-state index in [1.54, 1.807) is 0 Å². The lowest BCUT2D eigenvalue weighted by molar-refractivity contribution is -0.150. The van der Waals surface area contributed by atoms with Gasteiger partial charge in [-0.25, -0.2) is 9.18 Å². The molecule has 0 aromatic carbocycles. The smallest absolute Gasteiger partial charge is 0.353 e. The topological polar surface area (TPSA) is 177 Å². The van der Waals surface area contributed by atoms with E-state index in [0.717, 1.165) is 28.2 Å². The minimum atomic E-state index is -1.42. The number of aldehydes is 1. The number of aliphatic carboxylic acids is 1. The number of halogens is 1. The molecule has 2 aliphatic rings. The number of nitrogens with zero attached hydrogens (tertiary/aromatic N) is 4. The van der Waals surface area contributed by atoms with Crippen LogP contribution in [0.15, 0.2) is 16.4 Å². The highest BCUT2D eigenvalue weighted by Gasteiger charge is 2.54. The molecular formula is C13H11FN6O6S2. The minimum Gasteiger partial charge on any atom is -0.477 e. The molecule has 3 rings (SSSR count). The Balaban J connectivity index is 1.80. The van der Waals surface area contributed by atoms with Gasteiger partial charge in [-0.1, -0.05) is 5.16 Å². The van der Waals surface area contributed by atoms with Crippen LogP contribution < -0.4 is 11.1 Å². The van der Waals surface area contributed by atoms with Gasteiger partial charge in [-0.3, -0.25) is 19.3 Å². The summed E-state index contributed by atoms with van der Waals surface area (Å²) in [5.74, 6) is -3.25. The molecule has 2 aliphatic heterocycles. The summed E-state index contributed by atoms with van der Waals surface area (Å²) in [5.41, 5.74) is 4.50. The van der Waals surface area contributed by atoms with Gasteiger partial charge in [0.2, 0.25) is 11.5 Å². The highest BCUT2D eigenvalue weighted by Crippen LogP contribution is 2.39. The van der Waals surface area contributed by atoms with E-state index in [4.69, 9.17) is 5.73 Å². The zero-order valence-electron chi connectivity index (χ0n) is 13.7. The second kappa shape index (κ2) is 7.89. The molecule has 12 nitrogen and oxygen atoms in total. The first-order valence-electron chi connectivity index (χ1n) is 7.41. The maximum atomic E-state index is 12.5. The number of alkyl halides is 1. The van der Waals surface area contributed by atoms with E-state index in [-0.39, 0.29) is 22.3 Å². The van der Waals surface area contributed by atoms with Crippen LogP contribution >= 0.6 is 23.3 Å². The molecule has 1 aromatic rings. The van der Waals surface area contributed by atoms with Crippen LogP contribution in [0, 0.1) is 0 Å². The summed E-state index contributed by atoms with van der Waals surface area (Å²) in [6.45, 7) is -1.31. The zero-order chi connectivity index (χ0) is 20.4. The maximum absolute atomic E-state index is 12.5. The average molecular weight is 430 g/mol. The van der Waals surface area contributed by atoms with Crippen molar-refractivity contribution in [2.24, 2.45) is 5.16 Å². The van der Waals surface area contributed by atoms with Gasteiger partial charge in [0.05, 0.1) is 0 Å². The van der Waals surface area contributed by atoms with Crippen LogP contribution in [0.1, 0.15) is 5.82 Å². The standard InChI is InChI=1S/C13H11FN6O6S2/c14-3-26-18-5(8-17-13(15)28-19-8)9(22)16-6-10(23)20-7(12(24)25)4(1-21)2-27-11(6)20/h1,6,11H,2-3H2,(H,16,22)(H,24,25)(H2,15,17,19).